The van der Waals surface area contributed by atoms with Gasteiger partial charge in [-0.25, -0.2) is 0 Å². The van der Waals surface area contributed by atoms with Gasteiger partial charge in [-0.1, -0.05) is 29.8 Å². The van der Waals surface area contributed by atoms with Crippen molar-refractivity contribution in [3.05, 3.63) is 34.9 Å². The van der Waals surface area contributed by atoms with E-state index < -0.39 is 0 Å². The Kier molecular flexibility index (Phi) is 6.52. The second-order valence-electron chi connectivity index (χ2n) is 4.21. The number of nitrogens with two attached hydrogens (primary N) is 1. The monoisotopic (exact) mass is 256 g/mol. The van der Waals surface area contributed by atoms with Crippen LogP contribution < -0.4 is 5.73 Å². The Balaban J connectivity index is 2.39. The van der Waals surface area contributed by atoms with Crippen molar-refractivity contribution >= 4 is 11.6 Å². The summed E-state index contributed by atoms with van der Waals surface area (Å²) in [4.78, 5) is 2.21. The predicted octanol–water partition coefficient (Wildman–Crippen LogP) is 2.31. The van der Waals surface area contributed by atoms with Gasteiger partial charge >= 0.3 is 0 Å². The van der Waals surface area contributed by atoms with Crippen molar-refractivity contribution in [1.29, 1.82) is 0 Å². The molecule has 1 aromatic carbocycles. The van der Waals surface area contributed by atoms with Gasteiger partial charge in [-0.15, -0.1) is 0 Å². The van der Waals surface area contributed by atoms with Crippen molar-refractivity contribution in [2.24, 2.45) is 5.73 Å². The molecular formula is C13H21ClN2O. The van der Waals surface area contributed by atoms with E-state index in [0.717, 1.165) is 36.7 Å². The summed E-state index contributed by atoms with van der Waals surface area (Å²) in [6.07, 6.45) is 0.893. The van der Waals surface area contributed by atoms with Crippen molar-refractivity contribution in [3.63, 3.8) is 0 Å². The van der Waals surface area contributed by atoms with Gasteiger partial charge in [0.25, 0.3) is 0 Å². The molecule has 0 fully saturated rings. The standard InChI is InChI=1S/C13H21ClN2O/c1-16(9-10-17-2)8-7-13(15)11-5-3-4-6-12(11)14/h3-6,13H,7-10,15H2,1-2H3. The van der Waals surface area contributed by atoms with Gasteiger partial charge in [-0.05, 0) is 31.6 Å². The van der Waals surface area contributed by atoms with Crippen LogP contribution in [0.1, 0.15) is 18.0 Å². The third-order valence-electron chi connectivity index (χ3n) is 2.80. The molecule has 17 heavy (non-hydrogen) atoms. The molecule has 2 N–H and O–H groups in total. The number of hydrogen-bond acceptors (Lipinski definition) is 3. The van der Waals surface area contributed by atoms with E-state index in [1.54, 1.807) is 7.11 Å². The summed E-state index contributed by atoms with van der Waals surface area (Å²) in [6, 6.07) is 7.75. The zero-order valence-corrected chi connectivity index (χ0v) is 11.3. The fourth-order valence-electron chi connectivity index (χ4n) is 1.65. The minimum atomic E-state index is -0.00584. The molecule has 0 heterocycles. The topological polar surface area (TPSA) is 38.5 Å². The highest BCUT2D eigenvalue weighted by Crippen LogP contribution is 2.22. The molecule has 0 radical (unpaired) electrons. The van der Waals surface area contributed by atoms with Crippen molar-refractivity contribution in [2.75, 3.05) is 33.9 Å². The van der Waals surface area contributed by atoms with E-state index in [1.807, 2.05) is 24.3 Å². The Morgan fingerprint density at radius 2 is 2.06 bits per heavy atom. The zero-order valence-electron chi connectivity index (χ0n) is 10.5. The summed E-state index contributed by atoms with van der Waals surface area (Å²) in [5.41, 5.74) is 7.15. The molecule has 1 atom stereocenters. The van der Waals surface area contributed by atoms with Crippen molar-refractivity contribution < 1.29 is 4.74 Å². The number of nitrogens with zero attached hydrogens (tertiary/aromatic N) is 1. The van der Waals surface area contributed by atoms with Crippen LogP contribution in [-0.2, 0) is 4.74 Å². The van der Waals surface area contributed by atoms with E-state index in [4.69, 9.17) is 22.1 Å². The predicted molar refractivity (Wildman–Crippen MR) is 72.4 cm³/mol. The molecule has 96 valence electrons. The Hall–Kier alpha value is -0.610. The van der Waals surface area contributed by atoms with Crippen LogP contribution in [0.15, 0.2) is 24.3 Å². The van der Waals surface area contributed by atoms with Crippen LogP contribution in [-0.4, -0.2) is 38.8 Å². The molecule has 1 unspecified atom stereocenters. The maximum atomic E-state index is 6.13. The van der Waals surface area contributed by atoms with Gasteiger partial charge in [-0.2, -0.15) is 0 Å². The van der Waals surface area contributed by atoms with Crippen LogP contribution in [0.25, 0.3) is 0 Å². The van der Waals surface area contributed by atoms with Crippen LogP contribution in [0, 0.1) is 0 Å². The van der Waals surface area contributed by atoms with Gasteiger partial charge in [0.05, 0.1) is 6.61 Å². The second kappa shape index (κ2) is 7.67. The average molecular weight is 257 g/mol. The van der Waals surface area contributed by atoms with Crippen molar-refractivity contribution in [1.82, 2.24) is 4.90 Å². The molecule has 0 bridgehead atoms. The smallest absolute Gasteiger partial charge is 0.0589 e. The molecule has 0 aliphatic rings. The van der Waals surface area contributed by atoms with Gasteiger partial charge in [0.1, 0.15) is 0 Å². The minimum absolute atomic E-state index is 0.00584. The molecule has 0 amide bonds. The normalized spacial score (nSPS) is 13.0. The first-order valence-electron chi connectivity index (χ1n) is 5.82. The van der Waals surface area contributed by atoms with E-state index in [-0.39, 0.29) is 6.04 Å². The minimum Gasteiger partial charge on any atom is -0.383 e. The third-order valence-corrected chi connectivity index (χ3v) is 3.15. The van der Waals surface area contributed by atoms with Crippen LogP contribution >= 0.6 is 11.6 Å². The van der Waals surface area contributed by atoms with Crippen LogP contribution in [0.3, 0.4) is 0 Å². The van der Waals surface area contributed by atoms with E-state index in [2.05, 4.69) is 11.9 Å². The van der Waals surface area contributed by atoms with Gasteiger partial charge in [-0.3, -0.25) is 0 Å². The molecule has 0 saturated carbocycles. The van der Waals surface area contributed by atoms with Crippen LogP contribution in [0.5, 0.6) is 0 Å². The summed E-state index contributed by atoms with van der Waals surface area (Å²) in [6.45, 7) is 2.61. The fourth-order valence-corrected chi connectivity index (χ4v) is 1.93. The summed E-state index contributed by atoms with van der Waals surface area (Å²) >= 11 is 6.10. The molecule has 0 spiro atoms. The molecule has 0 saturated heterocycles. The Bertz CT molecular complexity index is 333. The molecule has 0 aliphatic heterocycles. The number of likely N-dealkylation sites (N-methyl/N-ethyl adjacent to an activating group) is 1. The van der Waals surface area contributed by atoms with Crippen LogP contribution in [0.2, 0.25) is 5.02 Å². The molecule has 1 aromatic rings. The number of halogens is 1. The highest BCUT2D eigenvalue weighted by molar-refractivity contribution is 6.31. The fraction of sp³-hybridized carbons (Fsp3) is 0.538. The van der Waals surface area contributed by atoms with Gasteiger partial charge in [0, 0.05) is 24.7 Å². The first-order chi connectivity index (χ1) is 8.15. The Labute approximate surface area is 109 Å². The highest BCUT2D eigenvalue weighted by Gasteiger charge is 2.10. The lowest BCUT2D eigenvalue weighted by Crippen LogP contribution is -2.26. The Morgan fingerprint density at radius 3 is 2.71 bits per heavy atom. The number of rotatable bonds is 7. The average Bonchev–Trinajstić information content (AvgIpc) is 2.34. The number of methoxy groups -OCH3 is 1. The Morgan fingerprint density at radius 1 is 1.35 bits per heavy atom. The van der Waals surface area contributed by atoms with Gasteiger partial charge in [0.15, 0.2) is 0 Å². The molecule has 4 heteroatoms. The lowest BCUT2D eigenvalue weighted by atomic mass is 10.0. The molecule has 3 nitrogen and oxygen atoms in total. The summed E-state index contributed by atoms with van der Waals surface area (Å²) in [5, 5.41) is 0.750. The van der Waals surface area contributed by atoms with Crippen molar-refractivity contribution in [3.8, 4) is 0 Å². The third kappa shape index (κ3) is 5.04. The SMILES string of the molecule is COCCN(C)CCC(N)c1ccccc1Cl. The van der Waals surface area contributed by atoms with E-state index in [0.29, 0.717) is 0 Å². The summed E-state index contributed by atoms with van der Waals surface area (Å²) in [7, 11) is 3.78. The van der Waals surface area contributed by atoms with Crippen molar-refractivity contribution in [2.45, 2.75) is 12.5 Å². The quantitative estimate of drug-likeness (QED) is 0.814. The van der Waals surface area contributed by atoms with E-state index in [9.17, 15) is 0 Å². The largest absolute Gasteiger partial charge is 0.383 e. The first-order valence-corrected chi connectivity index (χ1v) is 6.20. The molecule has 0 aromatic heterocycles. The maximum Gasteiger partial charge on any atom is 0.0589 e. The molecule has 1 rings (SSSR count). The number of ether oxygens (including phenoxy) is 1. The molecular weight excluding hydrogens is 236 g/mol. The first kappa shape index (κ1) is 14.5. The van der Waals surface area contributed by atoms with E-state index >= 15 is 0 Å². The number of benzene rings is 1. The van der Waals surface area contributed by atoms with E-state index in [1.165, 1.54) is 0 Å². The second-order valence-corrected chi connectivity index (χ2v) is 4.62. The lowest BCUT2D eigenvalue weighted by Gasteiger charge is -2.19. The lowest BCUT2D eigenvalue weighted by molar-refractivity contribution is 0.159. The summed E-state index contributed by atoms with van der Waals surface area (Å²) < 4.78 is 5.03. The number of hydrogen-bond donors (Lipinski definition) is 1. The zero-order chi connectivity index (χ0) is 12.7. The maximum absolute atomic E-state index is 6.13. The van der Waals surface area contributed by atoms with Gasteiger partial charge in [0.2, 0.25) is 0 Å². The molecule has 0 aliphatic carbocycles. The highest BCUT2D eigenvalue weighted by atomic mass is 35.5. The van der Waals surface area contributed by atoms with Gasteiger partial charge < -0.3 is 15.4 Å². The van der Waals surface area contributed by atoms with Crippen LogP contribution in [0.4, 0.5) is 0 Å². The summed E-state index contributed by atoms with van der Waals surface area (Å²) in [5.74, 6) is 0.